The van der Waals surface area contributed by atoms with Crippen LogP contribution < -0.4 is 0 Å². The van der Waals surface area contributed by atoms with Gasteiger partial charge in [0, 0.05) is 36.5 Å². The van der Waals surface area contributed by atoms with E-state index >= 15 is 0 Å². The Morgan fingerprint density at radius 2 is 2.00 bits per heavy atom. The number of nitrogens with zero attached hydrogens (tertiary/aromatic N) is 3. The fourth-order valence-corrected chi connectivity index (χ4v) is 2.42. The van der Waals surface area contributed by atoms with Gasteiger partial charge in [-0.1, -0.05) is 6.92 Å². The maximum Gasteiger partial charge on any atom is 0.160 e. The Bertz CT molecular complexity index is 519. The molecular formula is C14H17N3OS. The molecule has 0 aliphatic heterocycles. The molecule has 0 amide bonds. The molecule has 0 radical (unpaired) electrons. The molecule has 0 aliphatic carbocycles. The quantitative estimate of drug-likeness (QED) is 0.461. The zero-order valence-electron chi connectivity index (χ0n) is 11.2. The summed E-state index contributed by atoms with van der Waals surface area (Å²) in [5.74, 6) is 1.66. The number of ether oxygens (including phenoxy) is 1. The molecule has 4 nitrogen and oxygen atoms in total. The zero-order valence-corrected chi connectivity index (χ0v) is 12.0. The molecule has 0 bridgehead atoms. The van der Waals surface area contributed by atoms with E-state index in [4.69, 9.17) is 4.74 Å². The molecule has 2 aromatic rings. The number of methoxy groups -OCH3 is 1. The summed E-state index contributed by atoms with van der Waals surface area (Å²) in [6, 6.07) is 5.90. The number of aromatic nitrogens is 3. The molecule has 100 valence electrons. The van der Waals surface area contributed by atoms with Crippen LogP contribution in [0.15, 0.2) is 35.6 Å². The van der Waals surface area contributed by atoms with Crippen LogP contribution in [0, 0.1) is 0 Å². The first-order valence-electron chi connectivity index (χ1n) is 6.23. The van der Waals surface area contributed by atoms with Gasteiger partial charge in [0.1, 0.15) is 5.03 Å². The van der Waals surface area contributed by atoms with Crippen LogP contribution in [0.2, 0.25) is 0 Å². The normalized spacial score (nSPS) is 10.6. The zero-order chi connectivity index (χ0) is 13.5. The van der Waals surface area contributed by atoms with E-state index < -0.39 is 0 Å². The Balaban J connectivity index is 2.26. The standard InChI is InChI=1S/C14H17N3OS/c1-3-12-10-13(19-9-8-18-2)17-14(16-12)11-4-6-15-7-5-11/h4-7,10H,3,8-9H2,1-2H3. The van der Waals surface area contributed by atoms with E-state index in [1.54, 1.807) is 31.3 Å². The highest BCUT2D eigenvalue weighted by Gasteiger charge is 2.06. The van der Waals surface area contributed by atoms with E-state index in [1.807, 2.05) is 18.2 Å². The number of pyridine rings is 1. The maximum absolute atomic E-state index is 5.06. The Morgan fingerprint density at radius 1 is 1.21 bits per heavy atom. The van der Waals surface area contributed by atoms with Crippen molar-refractivity contribution in [1.29, 1.82) is 0 Å². The van der Waals surface area contributed by atoms with Crippen LogP contribution in [-0.2, 0) is 11.2 Å². The van der Waals surface area contributed by atoms with Crippen molar-refractivity contribution in [2.75, 3.05) is 19.5 Å². The summed E-state index contributed by atoms with van der Waals surface area (Å²) in [4.78, 5) is 13.2. The van der Waals surface area contributed by atoms with Crippen LogP contribution in [0.25, 0.3) is 11.4 Å². The molecule has 0 fully saturated rings. The van der Waals surface area contributed by atoms with E-state index in [2.05, 4.69) is 21.9 Å². The molecule has 0 aromatic carbocycles. The van der Waals surface area contributed by atoms with Gasteiger partial charge in [0.05, 0.1) is 6.61 Å². The van der Waals surface area contributed by atoms with Crippen LogP contribution in [0.3, 0.4) is 0 Å². The second-order valence-electron chi connectivity index (χ2n) is 3.95. The number of hydrogen-bond acceptors (Lipinski definition) is 5. The van der Waals surface area contributed by atoms with Gasteiger partial charge in [0.15, 0.2) is 5.82 Å². The van der Waals surface area contributed by atoms with E-state index in [1.165, 1.54) is 0 Å². The van der Waals surface area contributed by atoms with Crippen LogP contribution in [0.1, 0.15) is 12.6 Å². The fraction of sp³-hybridized carbons (Fsp3) is 0.357. The van der Waals surface area contributed by atoms with Gasteiger partial charge in [-0.25, -0.2) is 9.97 Å². The Morgan fingerprint density at radius 3 is 2.68 bits per heavy atom. The lowest BCUT2D eigenvalue weighted by Gasteiger charge is -2.06. The van der Waals surface area contributed by atoms with Gasteiger partial charge >= 0.3 is 0 Å². The van der Waals surface area contributed by atoms with Gasteiger partial charge in [0.2, 0.25) is 0 Å². The molecule has 2 heterocycles. The largest absolute Gasteiger partial charge is 0.384 e. The van der Waals surface area contributed by atoms with Crippen molar-refractivity contribution in [2.45, 2.75) is 18.4 Å². The van der Waals surface area contributed by atoms with Crippen molar-refractivity contribution in [3.63, 3.8) is 0 Å². The van der Waals surface area contributed by atoms with E-state index in [0.29, 0.717) is 0 Å². The van der Waals surface area contributed by atoms with Gasteiger partial charge in [-0.3, -0.25) is 4.98 Å². The lowest BCUT2D eigenvalue weighted by molar-refractivity contribution is 0.218. The monoisotopic (exact) mass is 275 g/mol. The van der Waals surface area contributed by atoms with Gasteiger partial charge in [-0.05, 0) is 24.6 Å². The second kappa shape index (κ2) is 7.21. The third kappa shape index (κ3) is 4.01. The lowest BCUT2D eigenvalue weighted by atomic mass is 10.2. The van der Waals surface area contributed by atoms with E-state index in [0.717, 1.165) is 40.9 Å². The first kappa shape index (κ1) is 14.0. The van der Waals surface area contributed by atoms with Crippen molar-refractivity contribution in [3.8, 4) is 11.4 Å². The maximum atomic E-state index is 5.06. The molecule has 0 spiro atoms. The minimum Gasteiger partial charge on any atom is -0.384 e. The first-order valence-corrected chi connectivity index (χ1v) is 7.22. The predicted octanol–water partition coefficient (Wildman–Crippen LogP) is 2.84. The molecule has 0 unspecified atom stereocenters. The molecule has 0 N–H and O–H groups in total. The summed E-state index contributed by atoms with van der Waals surface area (Å²) in [6.45, 7) is 2.82. The molecule has 0 saturated heterocycles. The summed E-state index contributed by atoms with van der Waals surface area (Å²) in [5, 5.41) is 0.996. The van der Waals surface area contributed by atoms with E-state index in [9.17, 15) is 0 Å². The predicted molar refractivity (Wildman–Crippen MR) is 77.2 cm³/mol. The smallest absolute Gasteiger partial charge is 0.160 e. The summed E-state index contributed by atoms with van der Waals surface area (Å²) in [5.41, 5.74) is 2.06. The van der Waals surface area contributed by atoms with Gasteiger partial charge < -0.3 is 4.74 Å². The van der Waals surface area contributed by atoms with Crippen LogP contribution >= 0.6 is 11.8 Å². The minimum atomic E-state index is 0.723. The third-order valence-corrected chi connectivity index (χ3v) is 3.47. The highest BCUT2D eigenvalue weighted by molar-refractivity contribution is 7.99. The van der Waals surface area contributed by atoms with E-state index in [-0.39, 0.29) is 0 Å². The number of rotatable bonds is 6. The summed E-state index contributed by atoms with van der Waals surface area (Å²) < 4.78 is 5.06. The molecule has 2 aromatic heterocycles. The second-order valence-corrected chi connectivity index (χ2v) is 5.07. The van der Waals surface area contributed by atoms with Gasteiger partial charge in [0.25, 0.3) is 0 Å². The van der Waals surface area contributed by atoms with Gasteiger partial charge in [-0.2, -0.15) is 0 Å². The first-order chi connectivity index (χ1) is 9.33. The van der Waals surface area contributed by atoms with Crippen LogP contribution in [-0.4, -0.2) is 34.4 Å². The Kier molecular flexibility index (Phi) is 5.30. The number of hydrogen-bond donors (Lipinski definition) is 0. The molecular weight excluding hydrogens is 258 g/mol. The molecule has 0 aliphatic rings. The summed E-state index contributed by atoms with van der Waals surface area (Å²) >= 11 is 1.69. The average Bonchev–Trinajstić information content (AvgIpc) is 2.48. The average molecular weight is 275 g/mol. The highest BCUT2D eigenvalue weighted by atomic mass is 32.2. The van der Waals surface area contributed by atoms with Crippen LogP contribution in [0.4, 0.5) is 0 Å². The van der Waals surface area contributed by atoms with Crippen molar-refractivity contribution >= 4 is 11.8 Å². The molecule has 0 atom stereocenters. The van der Waals surface area contributed by atoms with Crippen LogP contribution in [0.5, 0.6) is 0 Å². The topological polar surface area (TPSA) is 47.9 Å². The molecule has 0 saturated carbocycles. The molecule has 5 heteroatoms. The van der Waals surface area contributed by atoms with Crippen molar-refractivity contribution in [2.24, 2.45) is 0 Å². The summed E-state index contributed by atoms with van der Waals surface area (Å²) in [7, 11) is 1.71. The summed E-state index contributed by atoms with van der Waals surface area (Å²) in [6.07, 6.45) is 4.42. The Labute approximate surface area is 117 Å². The highest BCUT2D eigenvalue weighted by Crippen LogP contribution is 2.21. The molecule has 19 heavy (non-hydrogen) atoms. The Hall–Kier alpha value is -1.46. The lowest BCUT2D eigenvalue weighted by Crippen LogP contribution is -1.98. The van der Waals surface area contributed by atoms with Crippen molar-refractivity contribution in [3.05, 3.63) is 36.3 Å². The number of thioether (sulfide) groups is 1. The third-order valence-electron chi connectivity index (χ3n) is 2.59. The van der Waals surface area contributed by atoms with Crippen molar-refractivity contribution < 1.29 is 4.74 Å². The SMILES string of the molecule is CCc1cc(SCCOC)nc(-c2ccncc2)n1. The van der Waals surface area contributed by atoms with Crippen molar-refractivity contribution in [1.82, 2.24) is 15.0 Å². The molecule has 2 rings (SSSR count). The minimum absolute atomic E-state index is 0.723. The fourth-order valence-electron chi connectivity index (χ4n) is 1.59. The van der Waals surface area contributed by atoms with Gasteiger partial charge in [-0.15, -0.1) is 11.8 Å². The number of aryl methyl sites for hydroxylation is 1.